The SMILES string of the molecule is CC[C@@H](Oc1ccccc1)C(=O)Nc1ccc(OCC(C)C)cc1. The molecule has 2 rings (SSSR count). The van der Waals surface area contributed by atoms with Gasteiger partial charge in [0.15, 0.2) is 6.10 Å². The van der Waals surface area contributed by atoms with Crippen molar-refractivity contribution < 1.29 is 14.3 Å². The maximum atomic E-state index is 12.4. The Hall–Kier alpha value is -2.49. The van der Waals surface area contributed by atoms with E-state index in [1.807, 2.05) is 61.5 Å². The molecule has 0 unspecified atom stereocenters. The molecule has 0 radical (unpaired) electrons. The first-order valence-electron chi connectivity index (χ1n) is 8.34. The number of benzene rings is 2. The highest BCUT2D eigenvalue weighted by Crippen LogP contribution is 2.18. The van der Waals surface area contributed by atoms with Crippen molar-refractivity contribution in [3.8, 4) is 11.5 Å². The van der Waals surface area contributed by atoms with Gasteiger partial charge in [0.05, 0.1) is 6.61 Å². The van der Waals surface area contributed by atoms with Gasteiger partial charge in [-0.1, -0.05) is 39.0 Å². The predicted octanol–water partition coefficient (Wildman–Crippen LogP) is 4.52. The van der Waals surface area contributed by atoms with Crippen molar-refractivity contribution in [2.75, 3.05) is 11.9 Å². The van der Waals surface area contributed by atoms with Crippen molar-refractivity contribution in [1.82, 2.24) is 0 Å². The van der Waals surface area contributed by atoms with Crippen LogP contribution in [0.15, 0.2) is 54.6 Å². The van der Waals surface area contributed by atoms with E-state index < -0.39 is 6.10 Å². The fourth-order valence-corrected chi connectivity index (χ4v) is 2.11. The van der Waals surface area contributed by atoms with E-state index in [1.165, 1.54) is 0 Å². The molecule has 4 nitrogen and oxygen atoms in total. The maximum Gasteiger partial charge on any atom is 0.265 e. The minimum Gasteiger partial charge on any atom is -0.493 e. The average molecular weight is 327 g/mol. The number of carbonyl (C=O) groups is 1. The first kappa shape index (κ1) is 17.9. The molecule has 2 aromatic carbocycles. The molecule has 1 N–H and O–H groups in total. The van der Waals surface area contributed by atoms with Crippen molar-refractivity contribution in [3.05, 3.63) is 54.6 Å². The minimum atomic E-state index is -0.524. The van der Waals surface area contributed by atoms with Gasteiger partial charge in [0.1, 0.15) is 11.5 Å². The highest BCUT2D eigenvalue weighted by atomic mass is 16.5. The molecule has 0 aromatic heterocycles. The number of hydrogen-bond acceptors (Lipinski definition) is 3. The summed E-state index contributed by atoms with van der Waals surface area (Å²) >= 11 is 0. The lowest BCUT2D eigenvalue weighted by molar-refractivity contribution is -0.122. The quantitative estimate of drug-likeness (QED) is 0.775. The molecule has 0 aliphatic carbocycles. The molecule has 2 aromatic rings. The van der Waals surface area contributed by atoms with E-state index in [4.69, 9.17) is 9.47 Å². The largest absolute Gasteiger partial charge is 0.493 e. The smallest absolute Gasteiger partial charge is 0.265 e. The lowest BCUT2D eigenvalue weighted by atomic mass is 10.2. The zero-order valence-electron chi connectivity index (χ0n) is 14.5. The molecular weight excluding hydrogens is 302 g/mol. The van der Waals surface area contributed by atoms with Crippen LogP contribution in [0, 0.1) is 5.92 Å². The monoisotopic (exact) mass is 327 g/mol. The summed E-state index contributed by atoms with van der Waals surface area (Å²) in [6.07, 6.45) is 0.0697. The predicted molar refractivity (Wildman–Crippen MR) is 96.6 cm³/mol. The third-order valence-corrected chi connectivity index (χ3v) is 3.39. The zero-order chi connectivity index (χ0) is 17.4. The van der Waals surface area contributed by atoms with Crippen molar-refractivity contribution >= 4 is 11.6 Å². The fourth-order valence-electron chi connectivity index (χ4n) is 2.11. The molecule has 0 aliphatic heterocycles. The third kappa shape index (κ3) is 5.61. The number of nitrogens with one attached hydrogen (secondary N) is 1. The highest BCUT2D eigenvalue weighted by molar-refractivity contribution is 5.94. The van der Waals surface area contributed by atoms with Crippen LogP contribution >= 0.6 is 0 Å². The Bertz CT molecular complexity index is 623. The van der Waals surface area contributed by atoms with E-state index in [1.54, 1.807) is 0 Å². The Morgan fingerprint density at radius 1 is 1.00 bits per heavy atom. The van der Waals surface area contributed by atoms with Crippen molar-refractivity contribution in [3.63, 3.8) is 0 Å². The summed E-state index contributed by atoms with van der Waals surface area (Å²) in [5.74, 6) is 1.81. The molecule has 128 valence electrons. The van der Waals surface area contributed by atoms with Crippen LogP contribution in [0.3, 0.4) is 0 Å². The Morgan fingerprint density at radius 3 is 2.25 bits per heavy atom. The Balaban J connectivity index is 1.92. The van der Waals surface area contributed by atoms with Gasteiger partial charge in [0, 0.05) is 5.69 Å². The number of amides is 1. The third-order valence-electron chi connectivity index (χ3n) is 3.39. The Morgan fingerprint density at radius 2 is 1.67 bits per heavy atom. The standard InChI is InChI=1S/C20H25NO3/c1-4-19(24-18-8-6-5-7-9-18)20(22)21-16-10-12-17(13-11-16)23-14-15(2)3/h5-13,15,19H,4,14H2,1-3H3,(H,21,22)/t19-/m1/s1. The van der Waals surface area contributed by atoms with E-state index in [-0.39, 0.29) is 5.91 Å². The van der Waals surface area contributed by atoms with Crippen LogP contribution in [0.2, 0.25) is 0 Å². The summed E-state index contributed by atoms with van der Waals surface area (Å²) in [5.41, 5.74) is 0.729. The van der Waals surface area contributed by atoms with Crippen LogP contribution in [0.5, 0.6) is 11.5 Å². The van der Waals surface area contributed by atoms with Crippen molar-refractivity contribution in [2.45, 2.75) is 33.3 Å². The van der Waals surface area contributed by atoms with Gasteiger partial charge in [-0.25, -0.2) is 0 Å². The number of carbonyl (C=O) groups excluding carboxylic acids is 1. The van der Waals surface area contributed by atoms with Gasteiger partial charge in [0.2, 0.25) is 0 Å². The summed E-state index contributed by atoms with van der Waals surface area (Å²) in [5, 5.41) is 2.89. The van der Waals surface area contributed by atoms with Crippen LogP contribution < -0.4 is 14.8 Å². The highest BCUT2D eigenvalue weighted by Gasteiger charge is 2.18. The van der Waals surface area contributed by atoms with E-state index in [2.05, 4.69) is 19.2 Å². The van der Waals surface area contributed by atoms with Crippen molar-refractivity contribution in [2.24, 2.45) is 5.92 Å². The molecule has 0 heterocycles. The zero-order valence-corrected chi connectivity index (χ0v) is 14.5. The van der Waals surface area contributed by atoms with Gasteiger partial charge in [-0.2, -0.15) is 0 Å². The number of anilines is 1. The number of ether oxygens (including phenoxy) is 2. The molecule has 0 spiro atoms. The summed E-state index contributed by atoms with van der Waals surface area (Å²) in [6.45, 7) is 6.81. The molecule has 4 heteroatoms. The van der Waals surface area contributed by atoms with Gasteiger partial charge >= 0.3 is 0 Å². The molecule has 0 saturated heterocycles. The van der Waals surface area contributed by atoms with Gasteiger partial charge in [-0.15, -0.1) is 0 Å². The summed E-state index contributed by atoms with van der Waals surface area (Å²) in [6, 6.07) is 16.8. The number of hydrogen-bond donors (Lipinski definition) is 1. The minimum absolute atomic E-state index is 0.155. The van der Waals surface area contributed by atoms with E-state index >= 15 is 0 Å². The topological polar surface area (TPSA) is 47.6 Å². The molecule has 1 atom stereocenters. The molecule has 24 heavy (non-hydrogen) atoms. The summed E-state index contributed by atoms with van der Waals surface area (Å²) < 4.78 is 11.4. The fraction of sp³-hybridized carbons (Fsp3) is 0.350. The second-order valence-electron chi connectivity index (χ2n) is 6.05. The van der Waals surface area contributed by atoms with Crippen molar-refractivity contribution in [1.29, 1.82) is 0 Å². The van der Waals surface area contributed by atoms with Crippen LogP contribution in [-0.2, 0) is 4.79 Å². The molecule has 0 saturated carbocycles. The Labute approximate surface area is 143 Å². The average Bonchev–Trinajstić information content (AvgIpc) is 2.59. The number of rotatable bonds is 8. The first-order valence-corrected chi connectivity index (χ1v) is 8.34. The van der Waals surface area contributed by atoms with Crippen LogP contribution in [-0.4, -0.2) is 18.6 Å². The van der Waals surface area contributed by atoms with Gasteiger partial charge in [0.25, 0.3) is 5.91 Å². The normalized spacial score (nSPS) is 11.8. The van der Waals surface area contributed by atoms with E-state index in [9.17, 15) is 4.79 Å². The van der Waals surface area contributed by atoms with Gasteiger partial charge in [-0.3, -0.25) is 4.79 Å². The Kier molecular flexibility index (Phi) is 6.67. The van der Waals surface area contributed by atoms with Crippen LogP contribution in [0.25, 0.3) is 0 Å². The van der Waals surface area contributed by atoms with Gasteiger partial charge < -0.3 is 14.8 Å². The summed E-state index contributed by atoms with van der Waals surface area (Å²) in [4.78, 5) is 12.4. The lowest BCUT2D eigenvalue weighted by Gasteiger charge is -2.17. The van der Waals surface area contributed by atoms with E-state index in [0.717, 1.165) is 11.4 Å². The second-order valence-corrected chi connectivity index (χ2v) is 6.05. The first-order chi connectivity index (χ1) is 11.6. The molecule has 0 bridgehead atoms. The van der Waals surface area contributed by atoms with Gasteiger partial charge in [-0.05, 0) is 48.7 Å². The maximum absolute atomic E-state index is 12.4. The number of para-hydroxylation sites is 1. The molecule has 0 fully saturated rings. The summed E-state index contributed by atoms with van der Waals surface area (Å²) in [7, 11) is 0. The molecule has 0 aliphatic rings. The van der Waals surface area contributed by atoms with Crippen LogP contribution in [0.1, 0.15) is 27.2 Å². The second kappa shape index (κ2) is 8.96. The molecular formula is C20H25NO3. The van der Waals surface area contributed by atoms with E-state index in [0.29, 0.717) is 24.7 Å². The molecule has 1 amide bonds. The van der Waals surface area contributed by atoms with Crippen LogP contribution in [0.4, 0.5) is 5.69 Å². The lowest BCUT2D eigenvalue weighted by Crippen LogP contribution is -2.32.